The predicted octanol–water partition coefficient (Wildman–Crippen LogP) is 0.419. The zero-order valence-corrected chi connectivity index (χ0v) is 14.2. The number of aromatic nitrogens is 4. The largest absolute Gasteiger partial charge is 0.383 e. The van der Waals surface area contributed by atoms with Gasteiger partial charge in [0.25, 0.3) is 0 Å². The average molecular weight is 332 g/mol. The molecule has 130 valence electrons. The van der Waals surface area contributed by atoms with Crippen LogP contribution in [0.2, 0.25) is 0 Å². The number of fused-ring (bicyclic) bond motifs is 1. The molecule has 1 aliphatic heterocycles. The molecule has 0 saturated carbocycles. The highest BCUT2D eigenvalue weighted by atomic mass is 16.5. The minimum atomic E-state index is -0.318. The lowest BCUT2D eigenvalue weighted by molar-refractivity contribution is -0.126. The van der Waals surface area contributed by atoms with Crippen LogP contribution in [0.1, 0.15) is 24.2 Å². The maximum absolute atomic E-state index is 12.5. The van der Waals surface area contributed by atoms with Crippen LogP contribution < -0.4 is 5.32 Å². The van der Waals surface area contributed by atoms with Gasteiger partial charge in [-0.25, -0.2) is 0 Å². The van der Waals surface area contributed by atoms with Gasteiger partial charge in [-0.1, -0.05) is 0 Å². The minimum Gasteiger partial charge on any atom is -0.383 e. The molecule has 1 N–H and O–H groups in total. The van der Waals surface area contributed by atoms with Gasteiger partial charge in [-0.05, 0) is 13.0 Å². The molecule has 24 heavy (non-hydrogen) atoms. The summed E-state index contributed by atoms with van der Waals surface area (Å²) in [5, 5.41) is 11.6. The Hall–Kier alpha value is -2.19. The summed E-state index contributed by atoms with van der Waals surface area (Å²) in [6.07, 6.45) is 5.70. The lowest BCUT2D eigenvalue weighted by atomic mass is 10.1. The fourth-order valence-electron chi connectivity index (χ4n) is 2.99. The maximum atomic E-state index is 12.5. The van der Waals surface area contributed by atoms with Crippen LogP contribution in [-0.2, 0) is 29.2 Å². The van der Waals surface area contributed by atoms with E-state index in [1.54, 1.807) is 13.3 Å². The molecular formula is C16H24N6O2. The third kappa shape index (κ3) is 3.65. The average Bonchev–Trinajstić information content (AvgIpc) is 3.23. The second-order valence-electron chi connectivity index (χ2n) is 5.94. The topological polar surface area (TPSA) is 77.2 Å². The van der Waals surface area contributed by atoms with Crippen molar-refractivity contribution in [3.8, 4) is 0 Å². The van der Waals surface area contributed by atoms with Gasteiger partial charge in [0, 0.05) is 57.8 Å². The molecule has 1 atom stereocenters. The van der Waals surface area contributed by atoms with Crippen molar-refractivity contribution in [1.29, 1.82) is 0 Å². The number of hydrogen-bond donors (Lipinski definition) is 1. The van der Waals surface area contributed by atoms with Crippen LogP contribution in [0.4, 0.5) is 0 Å². The first-order valence-corrected chi connectivity index (χ1v) is 8.24. The first-order chi connectivity index (χ1) is 11.7. The lowest BCUT2D eigenvalue weighted by Crippen LogP contribution is -2.45. The molecule has 1 aliphatic rings. The number of aryl methyl sites for hydroxylation is 1. The van der Waals surface area contributed by atoms with Gasteiger partial charge in [-0.2, -0.15) is 10.2 Å². The lowest BCUT2D eigenvalue weighted by Gasteiger charge is -2.32. The van der Waals surface area contributed by atoms with Gasteiger partial charge in [0.1, 0.15) is 6.04 Å². The molecule has 1 unspecified atom stereocenters. The maximum Gasteiger partial charge on any atom is 0.246 e. The third-order valence-electron chi connectivity index (χ3n) is 4.19. The van der Waals surface area contributed by atoms with E-state index in [0.29, 0.717) is 19.7 Å². The van der Waals surface area contributed by atoms with E-state index >= 15 is 0 Å². The smallest absolute Gasteiger partial charge is 0.246 e. The van der Waals surface area contributed by atoms with Crippen molar-refractivity contribution in [2.45, 2.75) is 32.6 Å². The van der Waals surface area contributed by atoms with Crippen molar-refractivity contribution >= 4 is 5.91 Å². The van der Waals surface area contributed by atoms with E-state index in [4.69, 9.17) is 4.74 Å². The second kappa shape index (κ2) is 7.59. The Kier molecular flexibility index (Phi) is 5.27. The summed E-state index contributed by atoms with van der Waals surface area (Å²) < 4.78 is 8.73. The molecule has 0 aliphatic carbocycles. The first kappa shape index (κ1) is 16.7. The fourth-order valence-corrected chi connectivity index (χ4v) is 2.99. The number of rotatable bonds is 7. The number of carbonyl (C=O) groups is 1. The molecule has 0 bridgehead atoms. The third-order valence-corrected chi connectivity index (χ3v) is 4.19. The number of nitrogens with zero attached hydrogens (tertiary/aromatic N) is 5. The molecule has 0 saturated heterocycles. The molecule has 0 radical (unpaired) electrons. The monoisotopic (exact) mass is 332 g/mol. The van der Waals surface area contributed by atoms with Crippen LogP contribution in [0, 0.1) is 0 Å². The summed E-state index contributed by atoms with van der Waals surface area (Å²) in [6, 6.07) is 1.65. The first-order valence-electron chi connectivity index (χ1n) is 8.24. The number of amides is 1. The SMILES string of the molecule is CCn1cc(CN2Cc3ccnn3C(C(=O)NCCOC)C2)cn1. The molecule has 3 rings (SSSR count). The normalized spacial score (nSPS) is 17.7. The van der Waals surface area contributed by atoms with Gasteiger partial charge in [0.2, 0.25) is 5.91 Å². The van der Waals surface area contributed by atoms with E-state index in [0.717, 1.165) is 30.9 Å². The van der Waals surface area contributed by atoms with Crippen molar-refractivity contribution in [2.75, 3.05) is 26.8 Å². The summed E-state index contributed by atoms with van der Waals surface area (Å²) in [6.45, 7) is 6.11. The van der Waals surface area contributed by atoms with Crippen LogP contribution >= 0.6 is 0 Å². The molecule has 0 fully saturated rings. The summed E-state index contributed by atoms with van der Waals surface area (Å²) in [4.78, 5) is 14.8. The molecule has 8 nitrogen and oxygen atoms in total. The van der Waals surface area contributed by atoms with Gasteiger partial charge < -0.3 is 10.1 Å². The summed E-state index contributed by atoms with van der Waals surface area (Å²) in [7, 11) is 1.62. The highest BCUT2D eigenvalue weighted by Gasteiger charge is 2.30. The van der Waals surface area contributed by atoms with Gasteiger partial charge in [-0.15, -0.1) is 0 Å². The van der Waals surface area contributed by atoms with Gasteiger partial charge in [0.15, 0.2) is 0 Å². The number of hydrogen-bond acceptors (Lipinski definition) is 5. The van der Waals surface area contributed by atoms with E-state index < -0.39 is 0 Å². The van der Waals surface area contributed by atoms with E-state index in [9.17, 15) is 4.79 Å². The highest BCUT2D eigenvalue weighted by Crippen LogP contribution is 2.22. The van der Waals surface area contributed by atoms with Gasteiger partial charge >= 0.3 is 0 Å². The summed E-state index contributed by atoms with van der Waals surface area (Å²) in [5.41, 5.74) is 2.21. The van der Waals surface area contributed by atoms with Crippen LogP contribution in [0.15, 0.2) is 24.7 Å². The van der Waals surface area contributed by atoms with E-state index in [1.807, 2.05) is 21.6 Å². The molecular weight excluding hydrogens is 308 g/mol. The summed E-state index contributed by atoms with van der Waals surface area (Å²) >= 11 is 0. The highest BCUT2D eigenvalue weighted by molar-refractivity contribution is 5.80. The molecule has 0 aromatic carbocycles. The molecule has 8 heteroatoms. The zero-order valence-electron chi connectivity index (χ0n) is 14.2. The standard InChI is InChI=1S/C16H24N6O2/c1-3-21-10-13(8-19-21)9-20-11-14-4-5-18-22(14)15(12-20)16(23)17-6-7-24-2/h4-5,8,10,15H,3,6-7,9,11-12H2,1-2H3,(H,17,23). The number of methoxy groups -OCH3 is 1. The fraction of sp³-hybridized carbons (Fsp3) is 0.562. The molecule has 1 amide bonds. The Balaban J connectivity index is 1.69. The van der Waals surface area contributed by atoms with E-state index in [-0.39, 0.29) is 11.9 Å². The number of ether oxygens (including phenoxy) is 1. The summed E-state index contributed by atoms with van der Waals surface area (Å²) in [5.74, 6) is -0.0223. The Morgan fingerprint density at radius 2 is 2.33 bits per heavy atom. The molecule has 2 aromatic rings. The van der Waals surface area contributed by atoms with Crippen molar-refractivity contribution in [2.24, 2.45) is 0 Å². The van der Waals surface area contributed by atoms with Gasteiger partial charge in [-0.3, -0.25) is 19.1 Å². The van der Waals surface area contributed by atoms with Crippen LogP contribution in [0.3, 0.4) is 0 Å². The Bertz CT molecular complexity index is 680. The Morgan fingerprint density at radius 1 is 1.46 bits per heavy atom. The molecule has 3 heterocycles. The van der Waals surface area contributed by atoms with Gasteiger partial charge in [0.05, 0.1) is 18.5 Å². The number of carbonyl (C=O) groups excluding carboxylic acids is 1. The van der Waals surface area contributed by atoms with Crippen LogP contribution in [0.5, 0.6) is 0 Å². The van der Waals surface area contributed by atoms with Crippen molar-refractivity contribution in [3.63, 3.8) is 0 Å². The minimum absolute atomic E-state index is 0.0223. The van der Waals surface area contributed by atoms with E-state index in [1.165, 1.54) is 0 Å². The zero-order chi connectivity index (χ0) is 16.9. The van der Waals surface area contributed by atoms with Crippen molar-refractivity contribution < 1.29 is 9.53 Å². The van der Waals surface area contributed by atoms with E-state index in [2.05, 4.69) is 33.5 Å². The predicted molar refractivity (Wildman–Crippen MR) is 88.2 cm³/mol. The number of nitrogens with one attached hydrogen (secondary N) is 1. The Labute approximate surface area is 141 Å². The second-order valence-corrected chi connectivity index (χ2v) is 5.94. The van der Waals surface area contributed by atoms with Crippen LogP contribution in [0.25, 0.3) is 0 Å². The van der Waals surface area contributed by atoms with Crippen LogP contribution in [-0.4, -0.2) is 57.2 Å². The molecule has 2 aromatic heterocycles. The van der Waals surface area contributed by atoms with Crippen molar-refractivity contribution in [3.05, 3.63) is 35.9 Å². The quantitative estimate of drug-likeness (QED) is 0.744. The van der Waals surface area contributed by atoms with Crippen molar-refractivity contribution in [1.82, 2.24) is 29.8 Å². The molecule has 0 spiro atoms. The Morgan fingerprint density at radius 3 is 3.08 bits per heavy atom.